The van der Waals surface area contributed by atoms with Gasteiger partial charge in [-0.15, -0.1) is 0 Å². The Bertz CT molecular complexity index is 1360. The molecule has 14 heteroatoms. The van der Waals surface area contributed by atoms with Gasteiger partial charge >= 0.3 is 0 Å². The maximum Gasteiger partial charge on any atom is 0.242 e. The summed E-state index contributed by atoms with van der Waals surface area (Å²) in [6, 6.07) is 2.34. The first-order valence-corrected chi connectivity index (χ1v) is 14.2. The fourth-order valence-electron chi connectivity index (χ4n) is 5.00. The van der Waals surface area contributed by atoms with Crippen LogP contribution in [0.15, 0.2) is 12.1 Å². The lowest BCUT2D eigenvalue weighted by Crippen LogP contribution is -2.48. The molecule has 0 radical (unpaired) electrons. The third kappa shape index (κ3) is 8.02. The molecule has 1 aromatic heterocycles. The van der Waals surface area contributed by atoms with E-state index in [4.69, 9.17) is 20.2 Å². The third-order valence-electron chi connectivity index (χ3n) is 7.50. The summed E-state index contributed by atoms with van der Waals surface area (Å²) in [5, 5.41) is 17.5. The molecule has 6 N–H and O–H groups in total. The zero-order chi connectivity index (χ0) is 31.7. The van der Waals surface area contributed by atoms with Crippen LogP contribution in [0.2, 0.25) is 0 Å². The van der Waals surface area contributed by atoms with Crippen LogP contribution in [0.4, 0.5) is 4.39 Å². The van der Waals surface area contributed by atoms with Crippen molar-refractivity contribution in [2.24, 2.45) is 5.73 Å². The molecule has 0 saturated carbocycles. The predicted molar refractivity (Wildman–Crippen MR) is 155 cm³/mol. The molecule has 1 aliphatic heterocycles. The van der Waals surface area contributed by atoms with Crippen LogP contribution in [0.1, 0.15) is 55.5 Å². The number of hydrogen-bond donors (Lipinski definition) is 5. The number of aliphatic hydroxyl groups is 1. The fraction of sp³-hybridized carbons (Fsp3) is 0.552. The number of methoxy groups -OCH3 is 1. The van der Waals surface area contributed by atoms with Crippen LogP contribution in [0.25, 0.3) is 10.9 Å². The van der Waals surface area contributed by atoms with Crippen LogP contribution in [0.5, 0.6) is 0 Å². The van der Waals surface area contributed by atoms with Gasteiger partial charge in [0, 0.05) is 30.7 Å². The van der Waals surface area contributed by atoms with E-state index >= 15 is 0 Å². The second-order valence-electron chi connectivity index (χ2n) is 10.5. The number of benzene rings is 1. The van der Waals surface area contributed by atoms with Crippen molar-refractivity contribution in [3.63, 3.8) is 0 Å². The number of nitrogens with two attached hydrogens (primary N) is 1. The van der Waals surface area contributed by atoms with Gasteiger partial charge in [-0.2, -0.15) is 0 Å². The Kier molecular flexibility index (Phi) is 11.9. The average molecular weight is 605 g/mol. The third-order valence-corrected chi connectivity index (χ3v) is 7.50. The number of amides is 4. The molecule has 0 saturated heterocycles. The van der Waals surface area contributed by atoms with Gasteiger partial charge in [0.15, 0.2) is 5.72 Å². The van der Waals surface area contributed by atoms with E-state index in [1.165, 1.54) is 20.1 Å². The van der Waals surface area contributed by atoms with Gasteiger partial charge in [0.05, 0.1) is 43.9 Å². The highest BCUT2D eigenvalue weighted by atomic mass is 19.1. The van der Waals surface area contributed by atoms with E-state index in [-0.39, 0.29) is 51.1 Å². The van der Waals surface area contributed by atoms with Gasteiger partial charge in [-0.25, -0.2) is 9.37 Å². The fourth-order valence-corrected chi connectivity index (χ4v) is 5.00. The number of nitrogens with one attached hydrogen (secondary N) is 3. The number of carbonyl (C=O) groups is 4. The average Bonchev–Trinajstić information content (AvgIpc) is 3.28. The Morgan fingerprint density at radius 3 is 2.63 bits per heavy atom. The molecule has 0 aliphatic carbocycles. The number of carbonyl (C=O) groups excluding carboxylic acids is 4. The summed E-state index contributed by atoms with van der Waals surface area (Å²) in [6.07, 6.45) is 1.90. The first kappa shape index (κ1) is 33.8. The Morgan fingerprint density at radius 2 is 1.95 bits per heavy atom. The molecule has 1 aliphatic rings. The van der Waals surface area contributed by atoms with Crippen LogP contribution < -0.4 is 21.7 Å². The van der Waals surface area contributed by atoms with Gasteiger partial charge in [0.2, 0.25) is 23.6 Å². The van der Waals surface area contributed by atoms with Gasteiger partial charge in [-0.3, -0.25) is 19.2 Å². The first-order valence-electron chi connectivity index (χ1n) is 14.2. The number of aromatic nitrogens is 1. The highest BCUT2D eigenvalue weighted by Crippen LogP contribution is 2.43. The number of aryl methyl sites for hydroxylation is 2. The molecule has 2 heterocycles. The second kappa shape index (κ2) is 15.1. The Balaban J connectivity index is 1.58. The molecule has 13 nitrogen and oxygen atoms in total. The van der Waals surface area contributed by atoms with Gasteiger partial charge < -0.3 is 41.2 Å². The van der Waals surface area contributed by atoms with Crippen molar-refractivity contribution in [2.45, 2.75) is 64.8 Å². The quantitative estimate of drug-likeness (QED) is 0.140. The molecule has 3 rings (SSSR count). The number of unbranched alkanes of at least 4 members (excludes halogenated alkanes) is 1. The molecule has 0 spiro atoms. The minimum absolute atomic E-state index is 0.0473. The van der Waals surface area contributed by atoms with Gasteiger partial charge in [0.1, 0.15) is 18.6 Å². The van der Waals surface area contributed by atoms with Crippen molar-refractivity contribution >= 4 is 34.5 Å². The number of fused-ring (bicyclic) bond motifs is 2. The Hall–Kier alpha value is -3.72. The zero-order valence-corrected chi connectivity index (χ0v) is 25.0. The summed E-state index contributed by atoms with van der Waals surface area (Å²) >= 11 is 0. The van der Waals surface area contributed by atoms with Crippen LogP contribution in [-0.4, -0.2) is 84.8 Å². The maximum atomic E-state index is 14.5. The minimum atomic E-state index is -1.16. The number of ether oxygens (including phenoxy) is 2. The smallest absolute Gasteiger partial charge is 0.242 e. The van der Waals surface area contributed by atoms with E-state index in [1.807, 2.05) is 0 Å². The summed E-state index contributed by atoms with van der Waals surface area (Å²) in [6.45, 7) is 4.67. The summed E-state index contributed by atoms with van der Waals surface area (Å²) in [5.74, 6) is -2.09. The van der Waals surface area contributed by atoms with Crippen molar-refractivity contribution in [3.05, 3.63) is 40.3 Å². The van der Waals surface area contributed by atoms with E-state index < -0.39 is 29.5 Å². The maximum absolute atomic E-state index is 14.5. The molecule has 0 bridgehead atoms. The molecule has 236 valence electrons. The molecule has 43 heavy (non-hydrogen) atoms. The number of pyridine rings is 1. The monoisotopic (exact) mass is 604 g/mol. The molecular weight excluding hydrogens is 563 g/mol. The van der Waals surface area contributed by atoms with Gasteiger partial charge in [-0.05, 0) is 57.2 Å². The largest absolute Gasteiger partial charge is 0.396 e. The lowest BCUT2D eigenvalue weighted by molar-refractivity contribution is -0.165. The van der Waals surface area contributed by atoms with E-state index in [0.717, 1.165) is 16.5 Å². The van der Waals surface area contributed by atoms with Crippen LogP contribution in [0, 0.1) is 12.7 Å². The van der Waals surface area contributed by atoms with Crippen molar-refractivity contribution in [1.82, 2.24) is 25.8 Å². The topological polar surface area (TPSA) is 185 Å². The molecule has 2 aromatic rings. The molecule has 0 fully saturated rings. The number of halogens is 1. The van der Waals surface area contributed by atoms with Crippen LogP contribution in [-0.2, 0) is 47.3 Å². The predicted octanol–water partition coefficient (Wildman–Crippen LogP) is 0.219. The van der Waals surface area contributed by atoms with Crippen molar-refractivity contribution in [2.75, 3.05) is 40.1 Å². The lowest BCUT2D eigenvalue weighted by atomic mass is 9.94. The van der Waals surface area contributed by atoms with E-state index in [0.29, 0.717) is 42.6 Å². The van der Waals surface area contributed by atoms with E-state index in [1.54, 1.807) is 24.8 Å². The highest BCUT2D eigenvalue weighted by Gasteiger charge is 2.46. The summed E-state index contributed by atoms with van der Waals surface area (Å²) < 4.78 is 25.8. The molecule has 1 aromatic carbocycles. The van der Waals surface area contributed by atoms with Crippen molar-refractivity contribution in [3.8, 4) is 0 Å². The van der Waals surface area contributed by atoms with Crippen LogP contribution >= 0.6 is 0 Å². The molecular formula is C29H41FN6O7. The van der Waals surface area contributed by atoms with Crippen LogP contribution in [0.3, 0.4) is 0 Å². The summed E-state index contributed by atoms with van der Waals surface area (Å²) in [4.78, 5) is 54.4. The van der Waals surface area contributed by atoms with Gasteiger partial charge in [0.25, 0.3) is 0 Å². The molecule has 2 atom stereocenters. The van der Waals surface area contributed by atoms with Crippen molar-refractivity contribution in [1.29, 1.82) is 0 Å². The lowest BCUT2D eigenvalue weighted by Gasteiger charge is -2.33. The van der Waals surface area contributed by atoms with Gasteiger partial charge in [-0.1, -0.05) is 0 Å². The van der Waals surface area contributed by atoms with Crippen molar-refractivity contribution < 1.29 is 38.1 Å². The number of rotatable bonds is 15. The van der Waals surface area contributed by atoms with E-state index in [2.05, 4.69) is 16.0 Å². The van der Waals surface area contributed by atoms with E-state index in [9.17, 15) is 28.7 Å². The normalized spacial score (nSPS) is 16.6. The SMILES string of the molecule is COC1(C)c2nc3cc(F)c(C)cc3c(CCCCOCNC(=O)CNC(=O)[C@H](C)NC(=O)CN)c2CN1C(=O)CCO. The number of aliphatic hydroxyl groups excluding tert-OH is 1. The Labute approximate surface area is 249 Å². The minimum Gasteiger partial charge on any atom is -0.396 e. The molecule has 1 unspecified atom stereocenters. The first-order chi connectivity index (χ1) is 20.5. The zero-order valence-electron chi connectivity index (χ0n) is 25.0. The number of nitrogens with zero attached hydrogens (tertiary/aromatic N) is 2. The summed E-state index contributed by atoms with van der Waals surface area (Å²) in [5.41, 5.74) is 7.35. The highest BCUT2D eigenvalue weighted by molar-refractivity contribution is 5.90. The standard InChI is InChI=1S/C29H41FN6O7/c1-17-11-20-19(7-5-6-10-43-16-33-25(39)14-32-28(41)18(2)34-24(38)13-31)21-15-36(26(40)8-9-37)29(3,42-4)27(21)35-23(20)12-22(17)30/h11-12,18,37H,5-10,13-16,31H2,1-4H3,(H,32,41)(H,33,39)(H,34,38)/t18-,29?/m0/s1. The molecule has 4 amide bonds. The number of hydrogen-bond acceptors (Lipinski definition) is 9. The Morgan fingerprint density at radius 1 is 1.21 bits per heavy atom. The summed E-state index contributed by atoms with van der Waals surface area (Å²) in [7, 11) is 1.49. The second-order valence-corrected chi connectivity index (χ2v) is 10.5.